The molecule has 0 atom stereocenters. The molecule has 0 radical (unpaired) electrons. The molecule has 2 rings (SSSR count). The van der Waals surface area contributed by atoms with Crippen LogP contribution in [0.15, 0.2) is 24.5 Å². The Labute approximate surface area is 115 Å². The fourth-order valence-electron chi connectivity index (χ4n) is 1.84. The zero-order valence-corrected chi connectivity index (χ0v) is 11.4. The average molecular weight is 274 g/mol. The summed E-state index contributed by atoms with van der Waals surface area (Å²) in [5, 5.41) is 14.0. The van der Waals surface area contributed by atoms with Gasteiger partial charge in [-0.1, -0.05) is 6.07 Å². The number of nitrogens with zero attached hydrogens (tertiary/aromatic N) is 3. The van der Waals surface area contributed by atoms with Gasteiger partial charge in [0.05, 0.1) is 4.92 Å². The highest BCUT2D eigenvalue weighted by Crippen LogP contribution is 2.35. The lowest BCUT2D eigenvalue weighted by Gasteiger charge is -2.09. The number of anilines is 1. The van der Waals surface area contributed by atoms with E-state index < -0.39 is 4.92 Å². The number of hydrogen-bond acceptors (Lipinski definition) is 6. The van der Waals surface area contributed by atoms with Crippen LogP contribution in [0.2, 0.25) is 0 Å². The second-order valence-electron chi connectivity index (χ2n) is 4.28. The van der Waals surface area contributed by atoms with Crippen LogP contribution in [0.25, 0.3) is 0 Å². The van der Waals surface area contributed by atoms with Crippen LogP contribution in [-0.4, -0.2) is 21.9 Å². The average Bonchev–Trinajstić information content (AvgIpc) is 2.41. The predicted octanol–water partition coefficient (Wildman–Crippen LogP) is 2.84. The van der Waals surface area contributed by atoms with Gasteiger partial charge in [-0.3, -0.25) is 10.1 Å². The number of aryl methyl sites for hydroxylation is 2. The summed E-state index contributed by atoms with van der Waals surface area (Å²) in [6.45, 7) is 3.56. The van der Waals surface area contributed by atoms with Gasteiger partial charge in [-0.05, 0) is 25.0 Å². The molecule has 1 N–H and O–H groups in total. The first kappa shape index (κ1) is 13.7. The van der Waals surface area contributed by atoms with Gasteiger partial charge in [0.25, 0.3) is 0 Å². The lowest BCUT2D eigenvalue weighted by Crippen LogP contribution is -1.99. The molecule has 0 saturated carbocycles. The van der Waals surface area contributed by atoms with Crippen molar-refractivity contribution in [1.82, 2.24) is 9.97 Å². The number of rotatable bonds is 4. The van der Waals surface area contributed by atoms with Crippen molar-refractivity contribution >= 4 is 11.5 Å². The molecule has 0 amide bonds. The van der Waals surface area contributed by atoms with E-state index in [2.05, 4.69) is 15.3 Å². The third-order valence-electron chi connectivity index (χ3n) is 2.70. The number of nitro groups is 1. The van der Waals surface area contributed by atoms with Crippen molar-refractivity contribution in [2.75, 3.05) is 12.4 Å². The summed E-state index contributed by atoms with van der Waals surface area (Å²) in [7, 11) is 1.71. The molecule has 0 spiro atoms. The molecule has 104 valence electrons. The molecule has 2 aromatic rings. The Morgan fingerprint density at radius 3 is 2.65 bits per heavy atom. The maximum Gasteiger partial charge on any atom is 0.312 e. The summed E-state index contributed by atoms with van der Waals surface area (Å²) in [6, 6.07) is 4.87. The van der Waals surface area contributed by atoms with Gasteiger partial charge in [0.15, 0.2) is 0 Å². The van der Waals surface area contributed by atoms with Gasteiger partial charge in [0.1, 0.15) is 12.1 Å². The van der Waals surface area contributed by atoms with E-state index >= 15 is 0 Å². The number of nitrogens with one attached hydrogen (secondary N) is 1. The van der Waals surface area contributed by atoms with Crippen LogP contribution in [0.3, 0.4) is 0 Å². The minimum atomic E-state index is -0.463. The zero-order valence-electron chi connectivity index (χ0n) is 11.4. The standard InChI is InChI=1S/C13H14N4O3/c1-8-4-9(2)13(10(5-8)17(18)19)20-12-6-11(14-3)15-7-16-12/h4-7H,1-3H3,(H,14,15,16). The summed E-state index contributed by atoms with van der Waals surface area (Å²) >= 11 is 0. The number of aromatic nitrogens is 2. The van der Waals surface area contributed by atoms with Crippen LogP contribution in [0.4, 0.5) is 11.5 Å². The molecule has 7 nitrogen and oxygen atoms in total. The smallest absolute Gasteiger partial charge is 0.312 e. The number of hydrogen-bond donors (Lipinski definition) is 1. The number of ether oxygens (including phenoxy) is 1. The molecular weight excluding hydrogens is 260 g/mol. The minimum Gasteiger partial charge on any atom is -0.431 e. The maximum absolute atomic E-state index is 11.1. The second-order valence-corrected chi connectivity index (χ2v) is 4.28. The number of benzene rings is 1. The third kappa shape index (κ3) is 2.82. The lowest BCUT2D eigenvalue weighted by atomic mass is 10.1. The highest BCUT2D eigenvalue weighted by atomic mass is 16.6. The van der Waals surface area contributed by atoms with Crippen LogP contribution in [-0.2, 0) is 0 Å². The molecule has 1 heterocycles. The van der Waals surface area contributed by atoms with Gasteiger partial charge in [0, 0.05) is 19.2 Å². The Hall–Kier alpha value is -2.70. The first-order valence-electron chi connectivity index (χ1n) is 5.94. The van der Waals surface area contributed by atoms with Crippen molar-refractivity contribution in [2.45, 2.75) is 13.8 Å². The van der Waals surface area contributed by atoms with Crippen molar-refractivity contribution in [2.24, 2.45) is 0 Å². The summed E-state index contributed by atoms with van der Waals surface area (Å²) in [5.74, 6) is 1.02. The van der Waals surface area contributed by atoms with Crippen molar-refractivity contribution < 1.29 is 9.66 Å². The monoisotopic (exact) mass is 274 g/mol. The van der Waals surface area contributed by atoms with E-state index in [1.807, 2.05) is 6.07 Å². The molecule has 7 heteroatoms. The molecular formula is C13H14N4O3. The topological polar surface area (TPSA) is 90.2 Å². The Balaban J connectivity index is 2.44. The quantitative estimate of drug-likeness (QED) is 0.681. The van der Waals surface area contributed by atoms with Gasteiger partial charge in [-0.15, -0.1) is 0 Å². The largest absolute Gasteiger partial charge is 0.431 e. The van der Waals surface area contributed by atoms with Crippen molar-refractivity contribution in [3.05, 3.63) is 45.8 Å². The van der Waals surface area contributed by atoms with Crippen molar-refractivity contribution in [3.63, 3.8) is 0 Å². The van der Waals surface area contributed by atoms with Crippen LogP contribution in [0.5, 0.6) is 11.6 Å². The molecule has 0 fully saturated rings. The normalized spacial score (nSPS) is 10.2. The van der Waals surface area contributed by atoms with E-state index in [0.29, 0.717) is 11.4 Å². The van der Waals surface area contributed by atoms with Crippen LogP contribution in [0, 0.1) is 24.0 Å². The van der Waals surface area contributed by atoms with Crippen molar-refractivity contribution in [3.8, 4) is 11.6 Å². The van der Waals surface area contributed by atoms with Crippen LogP contribution in [0.1, 0.15) is 11.1 Å². The maximum atomic E-state index is 11.1. The molecule has 0 aliphatic carbocycles. The van der Waals surface area contributed by atoms with Gasteiger partial charge in [-0.2, -0.15) is 0 Å². The van der Waals surface area contributed by atoms with Gasteiger partial charge in [0.2, 0.25) is 11.6 Å². The first-order chi connectivity index (χ1) is 9.51. The molecule has 20 heavy (non-hydrogen) atoms. The van der Waals surface area contributed by atoms with Crippen molar-refractivity contribution in [1.29, 1.82) is 0 Å². The SMILES string of the molecule is CNc1cc(Oc2c(C)cc(C)cc2[N+](=O)[O-])ncn1. The van der Waals surface area contributed by atoms with Crippen LogP contribution < -0.4 is 10.1 Å². The summed E-state index contributed by atoms with van der Waals surface area (Å²) < 4.78 is 5.57. The Kier molecular flexibility index (Phi) is 3.79. The minimum absolute atomic E-state index is 0.0767. The van der Waals surface area contributed by atoms with E-state index in [9.17, 15) is 10.1 Å². The fraction of sp³-hybridized carbons (Fsp3) is 0.231. The van der Waals surface area contributed by atoms with E-state index in [1.54, 1.807) is 27.0 Å². The summed E-state index contributed by atoms with van der Waals surface area (Å²) in [5.41, 5.74) is 1.41. The molecule has 0 aliphatic heterocycles. The van der Waals surface area contributed by atoms with Gasteiger partial charge >= 0.3 is 5.69 Å². The van der Waals surface area contributed by atoms with Gasteiger partial charge in [-0.25, -0.2) is 9.97 Å². The van der Waals surface area contributed by atoms with E-state index in [-0.39, 0.29) is 17.3 Å². The zero-order chi connectivity index (χ0) is 14.7. The van der Waals surface area contributed by atoms with Gasteiger partial charge < -0.3 is 10.1 Å². The molecule has 1 aromatic heterocycles. The molecule has 1 aromatic carbocycles. The highest BCUT2D eigenvalue weighted by molar-refractivity contribution is 5.55. The predicted molar refractivity (Wildman–Crippen MR) is 74.2 cm³/mol. The Morgan fingerprint density at radius 1 is 1.25 bits per heavy atom. The van der Waals surface area contributed by atoms with E-state index in [4.69, 9.17) is 4.74 Å². The molecule has 0 bridgehead atoms. The molecule has 0 saturated heterocycles. The third-order valence-corrected chi connectivity index (χ3v) is 2.70. The Morgan fingerprint density at radius 2 is 2.00 bits per heavy atom. The lowest BCUT2D eigenvalue weighted by molar-refractivity contribution is -0.385. The fourth-order valence-corrected chi connectivity index (χ4v) is 1.84. The highest BCUT2D eigenvalue weighted by Gasteiger charge is 2.19. The first-order valence-corrected chi connectivity index (χ1v) is 5.94. The van der Waals surface area contributed by atoms with E-state index in [1.165, 1.54) is 12.4 Å². The molecule has 0 aliphatic rings. The van der Waals surface area contributed by atoms with E-state index in [0.717, 1.165) is 5.56 Å². The second kappa shape index (κ2) is 5.52. The summed E-state index contributed by atoms with van der Waals surface area (Å²) in [6.07, 6.45) is 1.33. The number of nitro benzene ring substituents is 1. The molecule has 0 unspecified atom stereocenters. The Bertz CT molecular complexity index is 658. The summed E-state index contributed by atoms with van der Waals surface area (Å²) in [4.78, 5) is 18.6. The van der Waals surface area contributed by atoms with Crippen LogP contribution >= 0.6 is 0 Å².